The summed E-state index contributed by atoms with van der Waals surface area (Å²) in [5.41, 5.74) is 26.3. The molecule has 6 aromatic rings. The number of unbranched alkanes of at least 4 members (excludes halogenated alkanes) is 2. The molecule has 0 bridgehead atoms. The van der Waals surface area contributed by atoms with Gasteiger partial charge in [0.2, 0.25) is 100 Å². The number of aromatic nitrogens is 4. The summed E-state index contributed by atoms with van der Waals surface area (Å²) in [6.07, 6.45) is 1.71. The number of aliphatic hydroxyl groups is 1. The largest absolute Gasteiger partial charge is 0.508 e. The van der Waals surface area contributed by atoms with Crippen molar-refractivity contribution in [3.8, 4) is 5.75 Å². The summed E-state index contributed by atoms with van der Waals surface area (Å²) >= 11 is 0.755. The van der Waals surface area contributed by atoms with E-state index in [4.69, 9.17) is 22.9 Å². The van der Waals surface area contributed by atoms with Gasteiger partial charge in [-0.3, -0.25) is 86.3 Å². The molecule has 3 saturated heterocycles. The summed E-state index contributed by atoms with van der Waals surface area (Å²) in [6.45, 7) is 2.95. The number of hydrogen-bond donors (Lipinski definition) is 20. The molecule has 0 spiro atoms. The number of nitrogens with one attached hydrogen (secondary N) is 13. The van der Waals surface area contributed by atoms with Gasteiger partial charge in [-0.25, -0.2) is 4.98 Å². The van der Waals surface area contributed by atoms with Gasteiger partial charge in [0.15, 0.2) is 0 Å². The molecule has 3 fully saturated rings. The highest BCUT2D eigenvalue weighted by molar-refractivity contribution is 8.00. The Labute approximate surface area is 776 Å². The number of carboxylic acids is 1. The number of likely N-dealkylation sites (N-methyl/N-ethyl adjacent to an activating group) is 3. The number of thioether (sulfide) groups is 1. The van der Waals surface area contributed by atoms with Crippen molar-refractivity contribution in [3.63, 3.8) is 0 Å². The number of H-pyrrole nitrogens is 3. The molecule has 0 unspecified atom stereocenters. The normalized spacial score (nSPS) is 24.8. The van der Waals surface area contributed by atoms with Gasteiger partial charge in [-0.1, -0.05) is 88.1 Å². The predicted octanol–water partition coefficient (Wildman–Crippen LogP) is -3.67. The number of aliphatic carboxylic acids is 1. The number of carboxylic acid groups (broad SMARTS) is 1. The average molecular weight is 1880 g/mol. The second kappa shape index (κ2) is 49.8. The number of nitrogens with two attached hydrogens (primary N) is 4. The fourth-order valence-electron chi connectivity index (χ4n) is 16.5. The number of carbonyl (C=O) groups is 18. The van der Waals surface area contributed by atoms with Crippen molar-refractivity contribution in [1.29, 1.82) is 0 Å². The van der Waals surface area contributed by atoms with Crippen LogP contribution in [-0.4, -0.2) is 322 Å². The number of phenolic OH excluding ortho intramolecular Hbond substituents is 1. The number of imidazole rings is 1. The number of aromatic amines is 3. The number of benzene rings is 3. The Hall–Kier alpha value is -13.6. The van der Waals surface area contributed by atoms with Gasteiger partial charge in [-0.15, -0.1) is 11.8 Å². The van der Waals surface area contributed by atoms with Crippen LogP contribution in [0.25, 0.3) is 21.8 Å². The Balaban J connectivity index is 1.10. The van der Waals surface area contributed by atoms with Crippen molar-refractivity contribution >= 4 is 140 Å². The van der Waals surface area contributed by atoms with Gasteiger partial charge in [0.1, 0.15) is 90.3 Å². The minimum absolute atomic E-state index is 0.000187. The van der Waals surface area contributed by atoms with Crippen LogP contribution in [-0.2, 0) is 112 Å². The van der Waals surface area contributed by atoms with Crippen molar-refractivity contribution in [3.05, 3.63) is 120 Å². The first kappa shape index (κ1) is 104. The predicted molar refractivity (Wildman–Crippen MR) is 488 cm³/mol. The summed E-state index contributed by atoms with van der Waals surface area (Å²) in [5, 5.41) is 59.4. The molecule has 0 saturated carbocycles. The first-order valence-electron chi connectivity index (χ1n) is 44.6. The van der Waals surface area contributed by atoms with Crippen molar-refractivity contribution < 1.29 is 102 Å². The Bertz CT molecular complexity index is 5190. The second-order valence-corrected chi connectivity index (χ2v) is 34.8. The number of amides is 17. The minimum atomic E-state index is -1.93. The van der Waals surface area contributed by atoms with Gasteiger partial charge in [0, 0.05) is 125 Å². The Morgan fingerprint density at radius 1 is 0.522 bits per heavy atom. The maximum Gasteiger partial charge on any atom is 0.305 e. The Morgan fingerprint density at radius 3 is 1.62 bits per heavy atom. The molecule has 0 radical (unpaired) electrons. The number of primary amides is 2. The maximum atomic E-state index is 15.8. The number of aromatic hydroxyl groups is 1. The number of phenols is 1. The summed E-state index contributed by atoms with van der Waals surface area (Å²) in [5.74, 6) is -19.1. The molecular formula is C89H123N23O21S. The lowest BCUT2D eigenvalue weighted by atomic mass is 9.99. The van der Waals surface area contributed by atoms with E-state index in [9.17, 15) is 63.3 Å². The van der Waals surface area contributed by atoms with E-state index in [2.05, 4.69) is 73.1 Å². The van der Waals surface area contributed by atoms with Crippen LogP contribution in [0.1, 0.15) is 133 Å². The van der Waals surface area contributed by atoms with Crippen LogP contribution >= 0.6 is 11.8 Å². The highest BCUT2D eigenvalue weighted by atomic mass is 32.2. The zero-order valence-corrected chi connectivity index (χ0v) is 76.5. The quantitative estimate of drug-likeness (QED) is 0.0249. The van der Waals surface area contributed by atoms with Gasteiger partial charge in [-0.2, -0.15) is 0 Å². The Morgan fingerprint density at radius 2 is 1.04 bits per heavy atom. The van der Waals surface area contributed by atoms with E-state index in [1.165, 1.54) is 69.8 Å². The van der Waals surface area contributed by atoms with Crippen molar-refractivity contribution in [1.82, 2.24) is 97.6 Å². The number of para-hydroxylation sites is 2. The van der Waals surface area contributed by atoms with E-state index >= 15 is 38.4 Å². The summed E-state index contributed by atoms with van der Waals surface area (Å²) < 4.78 is 0. The zero-order chi connectivity index (χ0) is 97.7. The van der Waals surface area contributed by atoms with Crippen molar-refractivity contribution in [2.45, 2.75) is 227 Å². The lowest BCUT2D eigenvalue weighted by molar-refractivity contribution is -0.149. The summed E-state index contributed by atoms with van der Waals surface area (Å²) in [7, 11) is 3.90. The van der Waals surface area contributed by atoms with Gasteiger partial charge in [-0.05, 0) is 106 Å². The fraction of sp³-hybridized carbons (Fsp3) is 0.517. The molecule has 45 heteroatoms. The number of hydrogen-bond acceptors (Lipinski definition) is 24. The first-order valence-corrected chi connectivity index (χ1v) is 45.8. The molecule has 17 amide bonds. The molecule has 3 aliphatic rings. The number of aliphatic hydroxyl groups excluding tert-OH is 1. The lowest BCUT2D eigenvalue weighted by Crippen LogP contribution is -2.61. The molecular weight excluding hydrogens is 1760 g/mol. The molecule has 9 rings (SSSR count). The van der Waals surface area contributed by atoms with E-state index in [-0.39, 0.29) is 88.9 Å². The molecule has 15 atom stereocenters. The molecule has 44 nitrogen and oxygen atoms in total. The molecule has 0 aliphatic carbocycles. The third-order valence-corrected chi connectivity index (χ3v) is 25.0. The van der Waals surface area contributed by atoms with Crippen LogP contribution in [0.5, 0.6) is 5.75 Å². The molecule has 726 valence electrons. The Kier molecular flexibility index (Phi) is 38.7. The molecule has 3 aromatic carbocycles. The smallest absolute Gasteiger partial charge is 0.305 e. The molecule has 3 aromatic heterocycles. The first-order chi connectivity index (χ1) is 63.9. The van der Waals surface area contributed by atoms with Crippen LogP contribution in [0.3, 0.4) is 0 Å². The van der Waals surface area contributed by atoms with Gasteiger partial charge in [0.05, 0.1) is 31.1 Å². The lowest BCUT2D eigenvalue weighted by Gasteiger charge is -2.36. The number of nitrogens with zero attached hydrogens (tertiary/aromatic N) is 6. The minimum Gasteiger partial charge on any atom is -0.508 e. The third-order valence-electron chi connectivity index (χ3n) is 24.0. The topological polar surface area (TPSA) is 669 Å². The highest BCUT2D eigenvalue weighted by Gasteiger charge is 2.47. The van der Waals surface area contributed by atoms with Crippen molar-refractivity contribution in [2.24, 2.45) is 22.9 Å². The summed E-state index contributed by atoms with van der Waals surface area (Å²) in [4.78, 5) is 281. The van der Waals surface area contributed by atoms with Crippen LogP contribution in [0, 0.1) is 0 Å². The van der Waals surface area contributed by atoms with Gasteiger partial charge >= 0.3 is 5.97 Å². The van der Waals surface area contributed by atoms with E-state index < -0.39 is 254 Å². The van der Waals surface area contributed by atoms with Crippen LogP contribution in [0.4, 0.5) is 0 Å². The van der Waals surface area contributed by atoms with Crippen LogP contribution < -0.4 is 76.1 Å². The number of fused-ring (bicyclic) bond motifs is 4. The molecule has 3 aliphatic heterocycles. The zero-order valence-electron chi connectivity index (χ0n) is 75.7. The van der Waals surface area contributed by atoms with E-state index in [1.54, 1.807) is 60.9 Å². The highest BCUT2D eigenvalue weighted by Crippen LogP contribution is 2.28. The molecule has 6 heterocycles. The average Bonchev–Trinajstić information content (AvgIpc) is 1.13. The van der Waals surface area contributed by atoms with Crippen LogP contribution in [0.2, 0.25) is 0 Å². The molecule has 24 N–H and O–H groups in total. The maximum absolute atomic E-state index is 15.8. The van der Waals surface area contributed by atoms with Crippen molar-refractivity contribution in [2.75, 3.05) is 65.4 Å². The number of carbonyl (C=O) groups excluding carboxylic acids is 17. The standard InChI is InChI=1S/C89H123N23O21S/c1-7-9-20-68-82(126)101-60(30-32-91)79(123)107-67(77(121)97-43-73(93)116)45-134-46-74(117)99-64(34-49-23-25-53(113)26-24-49)85(129)108(4)48(3)76(120)105-66(39-75(118)119)88(132)111-33-15-22-69(111)83(127)104-63(37-52-42-94-47-98-52)81(125)102-61(27-28-72(92)115)87(131)112-44-54(114)38-71(112)84(128)103-62(35-50-40-95-57-18-13-11-16-55(50)57)80(124)100-59(29-31-90)78(122)106-65(36-51-41-96-58-19-14-12-17-56(51)58)86(130)110(6)70(21-10-8-2)89(133)109(68)5/h11-14,16-19,23-26,40-42,47-48,54,59-71,95-96,113-114H,7-10,15,20-22,27-39,43-46,90-91H2,1-6H3,(H2,92,115)(H2,93,116)(H,94,98)(H,97,121)(H,99,117)(H,100,124)(H,101,126)(H,102,125)(H,103,128)(H,104,127)(H,105,120)(H,106,122)(H,107,123)(H,118,119)/t48-,54+,59-,60-,61-,62-,63-,64-,65-,66-,67-,68-,69-,70-,71-/m0/s1. The van der Waals surface area contributed by atoms with E-state index in [0.29, 0.717) is 64.2 Å². The monoisotopic (exact) mass is 1880 g/mol. The van der Waals surface area contributed by atoms with Gasteiger partial charge < -0.3 is 131 Å². The summed E-state index contributed by atoms with van der Waals surface area (Å²) in [6, 6.07) is -2.62. The van der Waals surface area contributed by atoms with Gasteiger partial charge in [0.25, 0.3) is 0 Å². The molecule has 134 heavy (non-hydrogen) atoms. The second-order valence-electron chi connectivity index (χ2n) is 33.8. The third kappa shape index (κ3) is 28.5. The van der Waals surface area contributed by atoms with Crippen LogP contribution in [0.15, 0.2) is 97.7 Å². The fourth-order valence-corrected chi connectivity index (χ4v) is 17.3. The number of rotatable bonds is 26. The SMILES string of the molecule is CCCC[C@H]1C(=O)N(C)[C@@H](CCCC)C(=O)N[C@@H](CCN)C(=O)N[C@H](C(=O)NCC(N)=O)CSCC(=O)N[C@@H](Cc2ccc(O)cc2)C(=O)N(C)[C@@H](C)C(=O)N[C@@H](CC(=O)O)C(=O)N2CCC[C@H]2C(=O)N[C@@H](Cc2cnc[nH]2)C(=O)N[C@@H](CCC(N)=O)C(=O)N2C[C@H](O)C[C@H]2C(=O)N[C@@H](Cc2c[nH]c3ccccc23)C(=O)N[C@@H](CCN)C(=O)N[C@@H](Cc2c[nH]c3ccccc23)C(=O)N1C. The van der Waals surface area contributed by atoms with E-state index in [1.807, 2.05) is 13.8 Å². The van der Waals surface area contributed by atoms with E-state index in [0.717, 1.165) is 31.4 Å².